The van der Waals surface area contributed by atoms with Gasteiger partial charge in [0.2, 0.25) is 20.7 Å². The zero-order valence-corrected chi connectivity index (χ0v) is 35.2. The van der Waals surface area contributed by atoms with Crippen LogP contribution in [0.3, 0.4) is 0 Å². The van der Waals surface area contributed by atoms with E-state index in [4.69, 9.17) is 0 Å². The molecule has 0 spiro atoms. The monoisotopic (exact) mass is 913 g/mol. The maximum Gasteiger partial charge on any atom is 0.341 e. The normalized spacial score (nSPS) is 17.0. The second kappa shape index (κ2) is 15.6. The SMILES string of the molecule is O=C(O)c1cn(C2CC2)c2cc(N3CCN(c4nc(N5CCN(c6cc7c(cc6F)c(=O)c(C(=O)O)cn7C6CC6)CC5)c(F)c(S(=O)(=O)c5ccccc5)c4F)CC3)c(F)cc2c1=O. The lowest BCUT2D eigenvalue weighted by Gasteiger charge is -2.39. The zero-order chi connectivity index (χ0) is 45.6. The average molecular weight is 914 g/mol. The first-order valence-corrected chi connectivity index (χ1v) is 22.5. The van der Waals surface area contributed by atoms with Gasteiger partial charge in [-0.2, -0.15) is 0 Å². The van der Waals surface area contributed by atoms with Gasteiger partial charge in [0.05, 0.1) is 27.3 Å². The molecule has 15 nitrogen and oxygen atoms in total. The summed E-state index contributed by atoms with van der Waals surface area (Å²) in [6.07, 6.45) is 5.57. The van der Waals surface area contributed by atoms with E-state index in [1.165, 1.54) is 58.6 Å². The van der Waals surface area contributed by atoms with Gasteiger partial charge in [-0.1, -0.05) is 18.2 Å². The number of pyridine rings is 3. The third kappa shape index (κ3) is 7.19. The zero-order valence-electron chi connectivity index (χ0n) is 34.4. The van der Waals surface area contributed by atoms with E-state index in [1.54, 1.807) is 25.0 Å². The first-order valence-electron chi connectivity index (χ1n) is 21.0. The Morgan fingerprint density at radius 1 is 0.585 bits per heavy atom. The Morgan fingerprint density at radius 3 is 1.34 bits per heavy atom. The molecule has 6 aromatic rings. The van der Waals surface area contributed by atoms with Crippen LogP contribution in [0.15, 0.2) is 86.4 Å². The van der Waals surface area contributed by atoms with E-state index in [9.17, 15) is 37.8 Å². The van der Waals surface area contributed by atoms with Gasteiger partial charge in [0.25, 0.3) is 0 Å². The van der Waals surface area contributed by atoms with Crippen molar-refractivity contribution in [2.45, 2.75) is 47.6 Å². The summed E-state index contributed by atoms with van der Waals surface area (Å²) in [5.41, 5.74) is -1.58. The van der Waals surface area contributed by atoms with Crippen molar-refractivity contribution in [3.05, 3.63) is 122 Å². The van der Waals surface area contributed by atoms with Crippen molar-refractivity contribution in [2.24, 2.45) is 0 Å². The topological polar surface area (TPSA) is 179 Å². The maximum atomic E-state index is 16.8. The molecule has 2 saturated carbocycles. The molecular formula is C45H39F4N7O8S. The molecule has 2 aliphatic heterocycles. The number of piperazine rings is 2. The van der Waals surface area contributed by atoms with Gasteiger partial charge in [0, 0.05) is 87.6 Å². The standard InChI is InChI=1S/C45H39F4N7O8S/c46-31-18-27-33(55(24-6-7-24)22-29(39(27)57)44(59)60)20-35(31)51-10-14-53(15-11-51)42-37(48)41(65(63,64)26-4-2-1-3-5-26)38(49)43(50-42)54-16-12-52(13-17-54)36-21-34-28(19-32(36)47)40(58)30(45(61)62)23-56(34)25-8-9-25/h1-5,18-25H,6-17H2,(H,59,60)(H,61,62). The quantitative estimate of drug-likeness (QED) is 0.157. The van der Waals surface area contributed by atoms with E-state index in [-0.39, 0.29) is 91.5 Å². The summed E-state index contributed by atoms with van der Waals surface area (Å²) in [5.74, 6) is -8.09. The molecule has 3 aromatic carbocycles. The van der Waals surface area contributed by atoms with Gasteiger partial charge in [-0.15, -0.1) is 0 Å². The fraction of sp³-hybridized carbons (Fsp3) is 0.311. The second-order valence-corrected chi connectivity index (χ2v) is 18.6. The lowest BCUT2D eigenvalue weighted by atomic mass is 10.1. The number of anilines is 4. The fourth-order valence-electron chi connectivity index (χ4n) is 9.00. The van der Waals surface area contributed by atoms with Crippen molar-refractivity contribution in [3.63, 3.8) is 0 Å². The van der Waals surface area contributed by atoms with Crippen LogP contribution in [-0.4, -0.2) is 97.0 Å². The summed E-state index contributed by atoms with van der Waals surface area (Å²) in [4.78, 5) is 58.9. The molecule has 2 N–H and O–H groups in total. The summed E-state index contributed by atoms with van der Waals surface area (Å²) in [5, 5.41) is 19.1. The summed E-state index contributed by atoms with van der Waals surface area (Å²) in [6.45, 7) is 0.221. The highest BCUT2D eigenvalue weighted by Crippen LogP contribution is 2.41. The minimum atomic E-state index is -4.81. The lowest BCUT2D eigenvalue weighted by Crippen LogP contribution is -2.49. The van der Waals surface area contributed by atoms with Gasteiger partial charge in [-0.25, -0.2) is 40.6 Å². The first-order chi connectivity index (χ1) is 31.1. The molecule has 336 valence electrons. The molecule has 10 rings (SSSR count). The van der Waals surface area contributed by atoms with Crippen LogP contribution in [-0.2, 0) is 9.84 Å². The number of aromatic carboxylic acids is 2. The van der Waals surface area contributed by atoms with E-state index >= 15 is 17.6 Å². The van der Waals surface area contributed by atoms with Crippen LogP contribution in [0.1, 0.15) is 58.5 Å². The van der Waals surface area contributed by atoms with E-state index in [1.807, 2.05) is 0 Å². The Morgan fingerprint density at radius 2 is 0.969 bits per heavy atom. The van der Waals surface area contributed by atoms with Crippen LogP contribution in [0.4, 0.5) is 40.6 Å². The van der Waals surface area contributed by atoms with E-state index in [0.29, 0.717) is 11.0 Å². The van der Waals surface area contributed by atoms with Gasteiger partial charge in [-0.05, 0) is 62.1 Å². The Labute approximate surface area is 366 Å². The number of hydrogen-bond acceptors (Lipinski definition) is 11. The summed E-state index contributed by atoms with van der Waals surface area (Å²) >= 11 is 0. The number of sulfone groups is 1. The molecule has 2 aliphatic carbocycles. The Hall–Kier alpha value is -6.96. The highest BCUT2D eigenvalue weighted by molar-refractivity contribution is 7.91. The second-order valence-electron chi connectivity index (χ2n) is 16.8. The molecular weight excluding hydrogens is 875 g/mol. The Kier molecular flexibility index (Phi) is 10.1. The third-order valence-electron chi connectivity index (χ3n) is 12.7. The van der Waals surface area contributed by atoms with Crippen molar-refractivity contribution >= 4 is 66.6 Å². The minimum Gasteiger partial charge on any atom is -0.477 e. The number of nitrogens with zero attached hydrogens (tertiary/aromatic N) is 7. The van der Waals surface area contributed by atoms with Crippen molar-refractivity contribution in [2.75, 3.05) is 72.0 Å². The number of fused-ring (bicyclic) bond motifs is 2. The number of carboxylic acid groups (broad SMARTS) is 2. The molecule has 5 heterocycles. The van der Waals surface area contributed by atoms with E-state index in [2.05, 4.69) is 4.98 Å². The summed E-state index contributed by atoms with van der Waals surface area (Å²) in [6, 6.07) is 11.8. The van der Waals surface area contributed by atoms with Crippen LogP contribution in [0.5, 0.6) is 0 Å². The van der Waals surface area contributed by atoms with Crippen molar-refractivity contribution in [1.29, 1.82) is 0 Å². The minimum absolute atomic E-state index is 0.0143. The molecule has 4 fully saturated rings. The Balaban J connectivity index is 0.964. The third-order valence-corrected chi connectivity index (χ3v) is 14.5. The number of benzene rings is 3. The van der Waals surface area contributed by atoms with Crippen molar-refractivity contribution < 1.29 is 45.8 Å². The lowest BCUT2D eigenvalue weighted by molar-refractivity contribution is 0.0684. The number of aromatic nitrogens is 3. The van der Waals surface area contributed by atoms with Crippen LogP contribution in [0.2, 0.25) is 0 Å². The molecule has 0 atom stereocenters. The molecule has 0 radical (unpaired) electrons. The van der Waals surface area contributed by atoms with Crippen LogP contribution < -0.4 is 30.5 Å². The van der Waals surface area contributed by atoms with Crippen LogP contribution >= 0.6 is 0 Å². The molecule has 20 heteroatoms. The van der Waals surface area contributed by atoms with E-state index < -0.39 is 83.6 Å². The Bertz CT molecular complexity index is 3060. The van der Waals surface area contributed by atoms with Crippen molar-refractivity contribution in [3.8, 4) is 0 Å². The largest absolute Gasteiger partial charge is 0.477 e. The van der Waals surface area contributed by atoms with Crippen LogP contribution in [0, 0.1) is 23.3 Å². The van der Waals surface area contributed by atoms with Crippen LogP contribution in [0.25, 0.3) is 21.8 Å². The first kappa shape index (κ1) is 42.0. The van der Waals surface area contributed by atoms with E-state index in [0.717, 1.165) is 37.8 Å². The van der Waals surface area contributed by atoms with Gasteiger partial charge < -0.3 is 38.9 Å². The highest BCUT2D eigenvalue weighted by atomic mass is 32.2. The smallest absolute Gasteiger partial charge is 0.341 e. The molecule has 65 heavy (non-hydrogen) atoms. The number of carboxylic acids is 2. The van der Waals surface area contributed by atoms with Crippen molar-refractivity contribution in [1.82, 2.24) is 14.1 Å². The highest BCUT2D eigenvalue weighted by Gasteiger charge is 2.37. The number of rotatable bonds is 10. The molecule has 3 aromatic heterocycles. The van der Waals surface area contributed by atoms with Gasteiger partial charge in [0.15, 0.2) is 28.2 Å². The number of carbonyl (C=O) groups is 2. The average Bonchev–Trinajstić information content (AvgIpc) is 4.23. The molecule has 4 aliphatic rings. The molecule has 0 amide bonds. The van der Waals surface area contributed by atoms with Gasteiger partial charge in [-0.3, -0.25) is 9.59 Å². The number of halogens is 4. The fourth-order valence-corrected chi connectivity index (χ4v) is 10.4. The number of hydrogen-bond donors (Lipinski definition) is 2. The predicted octanol–water partition coefficient (Wildman–Crippen LogP) is 5.82. The summed E-state index contributed by atoms with van der Waals surface area (Å²) in [7, 11) is -4.81. The predicted molar refractivity (Wildman–Crippen MR) is 232 cm³/mol. The van der Waals surface area contributed by atoms with Gasteiger partial charge in [0.1, 0.15) is 22.8 Å². The molecule has 0 bridgehead atoms. The molecule has 2 saturated heterocycles. The molecule has 0 unspecified atom stereocenters. The van der Waals surface area contributed by atoms with Gasteiger partial charge >= 0.3 is 11.9 Å². The summed E-state index contributed by atoms with van der Waals surface area (Å²) < 4.78 is 96.8. The maximum absolute atomic E-state index is 16.8.